The average Bonchev–Trinajstić information content (AvgIpc) is 3.59. The van der Waals surface area contributed by atoms with Gasteiger partial charge in [0.25, 0.3) is 5.56 Å². The van der Waals surface area contributed by atoms with Crippen molar-refractivity contribution in [2.24, 2.45) is 0 Å². The van der Waals surface area contributed by atoms with Crippen molar-refractivity contribution >= 4 is 33.5 Å². The molecular formula is C27H24ClF2N7O2. The number of hydrogen-bond donors (Lipinski definition) is 2. The molecule has 2 aliphatic rings. The van der Waals surface area contributed by atoms with Crippen LogP contribution in [0.25, 0.3) is 44.6 Å². The molecule has 0 bridgehead atoms. The van der Waals surface area contributed by atoms with Crippen LogP contribution in [0.5, 0.6) is 0 Å². The molecule has 0 amide bonds. The SMILES string of the molecule is Cc1c(-c2nccc3[nH]c(=O)c(-c4nc5c(C6CCOCC6)nc(Cl)cc5[nH]4)cc23)c(C2CC2)nn1C(F)F. The molecule has 0 atom stereocenters. The fourth-order valence-electron chi connectivity index (χ4n) is 5.56. The zero-order chi connectivity index (χ0) is 26.8. The summed E-state index contributed by atoms with van der Waals surface area (Å²) in [5.74, 6) is 0.633. The summed E-state index contributed by atoms with van der Waals surface area (Å²) in [6.45, 7) is 0.147. The van der Waals surface area contributed by atoms with Crippen LogP contribution in [0.1, 0.15) is 61.2 Å². The Labute approximate surface area is 225 Å². The van der Waals surface area contributed by atoms with E-state index in [2.05, 4.69) is 25.0 Å². The number of pyridine rings is 3. The molecule has 0 radical (unpaired) electrons. The number of halogens is 3. The van der Waals surface area contributed by atoms with Crippen LogP contribution in [0.2, 0.25) is 5.15 Å². The van der Waals surface area contributed by atoms with E-state index in [9.17, 15) is 13.6 Å². The summed E-state index contributed by atoms with van der Waals surface area (Å²) in [6.07, 6.45) is 4.98. The number of fused-ring (bicyclic) bond motifs is 2. The van der Waals surface area contributed by atoms with E-state index in [1.165, 1.54) is 0 Å². The van der Waals surface area contributed by atoms with E-state index in [-0.39, 0.29) is 17.4 Å². The number of nitrogens with one attached hydrogen (secondary N) is 2. The molecule has 5 aromatic heterocycles. The Bertz CT molecular complexity index is 1800. The van der Waals surface area contributed by atoms with Gasteiger partial charge in [-0.1, -0.05) is 11.6 Å². The third-order valence-corrected chi connectivity index (χ3v) is 7.86. The highest BCUT2D eigenvalue weighted by Crippen LogP contribution is 2.46. The zero-order valence-corrected chi connectivity index (χ0v) is 21.7. The summed E-state index contributed by atoms with van der Waals surface area (Å²) in [6, 6.07) is 5.11. The quantitative estimate of drug-likeness (QED) is 0.265. The Kier molecular flexibility index (Phi) is 5.74. The Hall–Kier alpha value is -3.70. The minimum atomic E-state index is -2.76. The van der Waals surface area contributed by atoms with Gasteiger partial charge in [-0.25, -0.2) is 14.6 Å². The summed E-state index contributed by atoms with van der Waals surface area (Å²) in [5.41, 5.74) is 4.68. The van der Waals surface area contributed by atoms with Gasteiger partial charge in [0.15, 0.2) is 0 Å². The van der Waals surface area contributed by atoms with Gasteiger partial charge in [-0.05, 0) is 44.7 Å². The third kappa shape index (κ3) is 4.11. The summed E-state index contributed by atoms with van der Waals surface area (Å²) in [4.78, 5) is 33.4. The van der Waals surface area contributed by atoms with Gasteiger partial charge in [0.2, 0.25) is 0 Å². The summed E-state index contributed by atoms with van der Waals surface area (Å²) < 4.78 is 33.8. The number of H-pyrrole nitrogens is 2. The largest absolute Gasteiger partial charge is 0.381 e. The molecule has 0 unspecified atom stereocenters. The van der Waals surface area contributed by atoms with Crippen molar-refractivity contribution in [3.8, 4) is 22.6 Å². The second kappa shape index (κ2) is 9.20. The van der Waals surface area contributed by atoms with E-state index >= 15 is 0 Å². The number of hydrogen-bond acceptors (Lipinski definition) is 6. The fourth-order valence-corrected chi connectivity index (χ4v) is 5.76. The molecule has 1 saturated heterocycles. The van der Waals surface area contributed by atoms with Crippen LogP contribution in [0.15, 0.2) is 29.2 Å². The maximum atomic E-state index is 13.8. The van der Waals surface area contributed by atoms with E-state index in [1.807, 2.05) is 0 Å². The van der Waals surface area contributed by atoms with E-state index < -0.39 is 6.55 Å². The first-order valence-corrected chi connectivity index (χ1v) is 13.3. The molecule has 7 rings (SSSR count). The summed E-state index contributed by atoms with van der Waals surface area (Å²) in [5, 5.41) is 5.21. The highest BCUT2D eigenvalue weighted by atomic mass is 35.5. The molecule has 1 saturated carbocycles. The smallest absolute Gasteiger partial charge is 0.333 e. The van der Waals surface area contributed by atoms with E-state index in [0.29, 0.717) is 74.3 Å². The van der Waals surface area contributed by atoms with Gasteiger partial charge in [0.05, 0.1) is 39.4 Å². The summed E-state index contributed by atoms with van der Waals surface area (Å²) in [7, 11) is 0. The Morgan fingerprint density at radius 2 is 1.82 bits per heavy atom. The number of ether oxygens (including phenoxy) is 1. The van der Waals surface area contributed by atoms with Crippen LogP contribution < -0.4 is 5.56 Å². The number of rotatable bonds is 5. The molecule has 39 heavy (non-hydrogen) atoms. The van der Waals surface area contributed by atoms with Crippen LogP contribution in [0.3, 0.4) is 0 Å². The second-order valence-electron chi connectivity index (χ2n) is 10.2. The van der Waals surface area contributed by atoms with Gasteiger partial charge in [0, 0.05) is 48.3 Å². The third-order valence-electron chi connectivity index (χ3n) is 7.66. The molecule has 1 aliphatic carbocycles. The molecule has 1 aliphatic heterocycles. The Morgan fingerprint density at radius 1 is 1.05 bits per heavy atom. The van der Waals surface area contributed by atoms with Crippen molar-refractivity contribution in [1.29, 1.82) is 0 Å². The van der Waals surface area contributed by atoms with Crippen molar-refractivity contribution < 1.29 is 13.5 Å². The first kappa shape index (κ1) is 24.3. The van der Waals surface area contributed by atoms with Crippen molar-refractivity contribution in [2.45, 2.75) is 51.0 Å². The Morgan fingerprint density at radius 3 is 2.56 bits per heavy atom. The van der Waals surface area contributed by atoms with E-state index in [4.69, 9.17) is 21.3 Å². The summed E-state index contributed by atoms with van der Waals surface area (Å²) >= 11 is 6.35. The maximum Gasteiger partial charge on any atom is 0.333 e. The minimum absolute atomic E-state index is 0.120. The highest BCUT2D eigenvalue weighted by molar-refractivity contribution is 6.30. The molecule has 12 heteroatoms. The molecule has 5 aromatic rings. The van der Waals surface area contributed by atoms with Crippen molar-refractivity contribution in [2.75, 3.05) is 13.2 Å². The molecule has 200 valence electrons. The molecule has 6 heterocycles. The standard InChI is InChI=1S/C27H24ClF2N7O2/c1-12-20(21(13-2-3-13)36-37(12)27(29)30)23-15-10-16(26(38)33-17(15)4-7-31-23)25-32-18-11-19(28)34-22(24(18)35-25)14-5-8-39-9-6-14/h4,7,10-11,13-14,27H,2-3,5-6,8-9H2,1H3,(H,32,35)(H,33,38). The van der Waals surface area contributed by atoms with E-state index in [1.54, 1.807) is 31.3 Å². The van der Waals surface area contributed by atoms with Gasteiger partial charge in [-0.3, -0.25) is 9.78 Å². The predicted molar refractivity (Wildman–Crippen MR) is 142 cm³/mol. The first-order chi connectivity index (χ1) is 18.9. The number of imidazole rings is 1. The maximum absolute atomic E-state index is 13.8. The van der Waals surface area contributed by atoms with Gasteiger partial charge in [0.1, 0.15) is 16.5 Å². The lowest BCUT2D eigenvalue weighted by Gasteiger charge is -2.21. The Balaban J connectivity index is 1.41. The second-order valence-corrected chi connectivity index (χ2v) is 10.6. The first-order valence-electron chi connectivity index (χ1n) is 12.9. The number of aromatic nitrogens is 7. The van der Waals surface area contributed by atoms with Crippen LogP contribution in [0, 0.1) is 6.92 Å². The topological polar surface area (TPSA) is 114 Å². The molecule has 2 fully saturated rings. The van der Waals surface area contributed by atoms with Gasteiger partial charge < -0.3 is 14.7 Å². The molecule has 9 nitrogen and oxygen atoms in total. The fraction of sp³-hybridized carbons (Fsp3) is 0.370. The monoisotopic (exact) mass is 551 g/mol. The van der Waals surface area contributed by atoms with Crippen molar-refractivity contribution in [3.63, 3.8) is 0 Å². The van der Waals surface area contributed by atoms with Crippen LogP contribution >= 0.6 is 11.6 Å². The van der Waals surface area contributed by atoms with Crippen LogP contribution in [-0.2, 0) is 4.74 Å². The van der Waals surface area contributed by atoms with Crippen molar-refractivity contribution in [3.05, 3.63) is 57.0 Å². The predicted octanol–water partition coefficient (Wildman–Crippen LogP) is 5.85. The molecular weight excluding hydrogens is 528 g/mol. The van der Waals surface area contributed by atoms with E-state index in [0.717, 1.165) is 36.1 Å². The lowest BCUT2D eigenvalue weighted by atomic mass is 9.95. The lowest BCUT2D eigenvalue weighted by Crippen LogP contribution is -2.15. The molecule has 2 N–H and O–H groups in total. The zero-order valence-electron chi connectivity index (χ0n) is 21.0. The van der Waals surface area contributed by atoms with Gasteiger partial charge in [-0.2, -0.15) is 13.9 Å². The van der Waals surface area contributed by atoms with Crippen LogP contribution in [0.4, 0.5) is 8.78 Å². The van der Waals surface area contributed by atoms with Crippen LogP contribution in [-0.4, -0.2) is 47.9 Å². The molecule has 0 spiro atoms. The van der Waals surface area contributed by atoms with Gasteiger partial charge >= 0.3 is 6.55 Å². The number of nitrogens with zero attached hydrogens (tertiary/aromatic N) is 5. The molecule has 0 aromatic carbocycles. The normalized spacial score (nSPS) is 16.6. The average molecular weight is 552 g/mol. The number of aromatic amines is 2. The number of alkyl halides is 2. The van der Waals surface area contributed by atoms with Gasteiger partial charge in [-0.15, -0.1) is 0 Å². The lowest BCUT2D eigenvalue weighted by molar-refractivity contribution is 0.0541. The highest BCUT2D eigenvalue weighted by Gasteiger charge is 2.34. The van der Waals surface area contributed by atoms with Crippen molar-refractivity contribution in [1.82, 2.24) is 34.7 Å². The minimum Gasteiger partial charge on any atom is -0.381 e.